The van der Waals surface area contributed by atoms with Crippen LogP contribution in [0.3, 0.4) is 0 Å². The third kappa shape index (κ3) is 4.31. The largest absolute Gasteiger partial charge is 0.444 e. The lowest BCUT2D eigenvalue weighted by atomic mass is 9.89. The van der Waals surface area contributed by atoms with Gasteiger partial charge in [0.1, 0.15) is 5.60 Å². The van der Waals surface area contributed by atoms with Crippen molar-refractivity contribution in [3.63, 3.8) is 0 Å². The zero-order valence-electron chi connectivity index (χ0n) is 17.6. The summed E-state index contributed by atoms with van der Waals surface area (Å²) in [4.78, 5) is 26.4. The highest BCUT2D eigenvalue weighted by Crippen LogP contribution is 2.23. The molecule has 1 aliphatic rings. The number of piperidine rings is 1. The highest BCUT2D eigenvalue weighted by Gasteiger charge is 2.30. The van der Waals surface area contributed by atoms with E-state index in [4.69, 9.17) is 11.6 Å². The summed E-state index contributed by atoms with van der Waals surface area (Å²) in [5, 5.41) is 0. The SMILES string of the molecule is [2H]c1c([2H])c([2H])c(C(=O)C2CCN(C(=O)OC(C)(C)C)CC2)c([2H])c1[2H]. The molecule has 0 bridgehead atoms. The number of carbonyl (C=O) groups is 2. The third-order valence-electron chi connectivity index (χ3n) is 3.26. The molecule has 0 aromatic heterocycles. The van der Waals surface area contributed by atoms with E-state index in [-0.39, 0.29) is 5.56 Å². The van der Waals surface area contributed by atoms with E-state index in [0.717, 1.165) is 0 Å². The Morgan fingerprint density at radius 1 is 1.19 bits per heavy atom. The molecule has 21 heavy (non-hydrogen) atoms. The maximum absolute atomic E-state index is 12.8. The predicted molar refractivity (Wildman–Crippen MR) is 81.3 cm³/mol. The van der Waals surface area contributed by atoms with Crippen molar-refractivity contribution in [3.8, 4) is 0 Å². The Bertz CT molecular complexity index is 708. The Morgan fingerprint density at radius 3 is 2.29 bits per heavy atom. The predicted octanol–water partition coefficient (Wildman–Crippen LogP) is 3.52. The number of ether oxygens (including phenoxy) is 1. The van der Waals surface area contributed by atoms with Crippen molar-refractivity contribution in [2.75, 3.05) is 13.1 Å². The molecule has 1 aromatic carbocycles. The average molecular weight is 294 g/mol. The molecule has 1 amide bonds. The maximum Gasteiger partial charge on any atom is 0.410 e. The first kappa shape index (κ1) is 9.98. The summed E-state index contributed by atoms with van der Waals surface area (Å²) >= 11 is 0. The fourth-order valence-electron chi connectivity index (χ4n) is 2.23. The average Bonchev–Trinajstić information content (AvgIpc) is 2.57. The van der Waals surface area contributed by atoms with Gasteiger partial charge in [0, 0.05) is 24.6 Å². The molecule has 1 heterocycles. The summed E-state index contributed by atoms with van der Waals surface area (Å²) in [5.74, 6) is -0.955. The Morgan fingerprint density at radius 2 is 1.76 bits per heavy atom. The molecule has 0 unspecified atom stereocenters. The van der Waals surface area contributed by atoms with Crippen molar-refractivity contribution >= 4 is 11.9 Å². The summed E-state index contributed by atoms with van der Waals surface area (Å²) in [5.41, 5.74) is -0.872. The first-order chi connectivity index (χ1) is 11.9. The van der Waals surface area contributed by atoms with Gasteiger partial charge in [0.2, 0.25) is 0 Å². The van der Waals surface area contributed by atoms with Crippen LogP contribution in [0.15, 0.2) is 30.2 Å². The molecular weight excluding hydrogens is 266 g/mol. The van der Waals surface area contributed by atoms with Gasteiger partial charge in [-0.2, -0.15) is 0 Å². The highest BCUT2D eigenvalue weighted by molar-refractivity contribution is 5.97. The van der Waals surface area contributed by atoms with Crippen LogP contribution in [0.25, 0.3) is 0 Å². The van der Waals surface area contributed by atoms with E-state index < -0.39 is 53.6 Å². The number of hydrogen-bond donors (Lipinski definition) is 0. The van der Waals surface area contributed by atoms with E-state index in [1.54, 1.807) is 20.8 Å². The molecule has 1 aliphatic heterocycles. The van der Waals surface area contributed by atoms with Crippen LogP contribution in [0.2, 0.25) is 0 Å². The van der Waals surface area contributed by atoms with Crippen LogP contribution < -0.4 is 0 Å². The number of hydrogen-bond acceptors (Lipinski definition) is 3. The van der Waals surface area contributed by atoms with E-state index in [2.05, 4.69) is 0 Å². The quantitative estimate of drug-likeness (QED) is 0.784. The van der Waals surface area contributed by atoms with Crippen LogP contribution in [-0.2, 0) is 4.74 Å². The van der Waals surface area contributed by atoms with Crippen molar-refractivity contribution in [2.45, 2.75) is 39.2 Å². The van der Waals surface area contributed by atoms with Crippen molar-refractivity contribution in [3.05, 3.63) is 35.8 Å². The Hall–Kier alpha value is -1.84. The monoisotopic (exact) mass is 294 g/mol. The van der Waals surface area contributed by atoms with E-state index in [1.807, 2.05) is 0 Å². The zero-order valence-corrected chi connectivity index (χ0v) is 12.6. The lowest BCUT2D eigenvalue weighted by molar-refractivity contribution is 0.0182. The van der Waals surface area contributed by atoms with Crippen LogP contribution in [0.5, 0.6) is 0 Å². The van der Waals surface area contributed by atoms with Crippen molar-refractivity contribution in [2.24, 2.45) is 5.92 Å². The topological polar surface area (TPSA) is 46.6 Å². The van der Waals surface area contributed by atoms with Gasteiger partial charge >= 0.3 is 6.09 Å². The smallest absolute Gasteiger partial charge is 0.410 e. The van der Waals surface area contributed by atoms with Gasteiger partial charge in [-0.05, 0) is 33.6 Å². The molecule has 114 valence electrons. The zero-order chi connectivity index (χ0) is 19.8. The molecule has 4 nitrogen and oxygen atoms in total. The number of Topliss-reactive ketones (excluding diaryl/α,β-unsaturated/α-hetero) is 1. The number of amides is 1. The second-order valence-electron chi connectivity index (χ2n) is 6.11. The summed E-state index contributed by atoms with van der Waals surface area (Å²) in [6, 6.07) is -2.50. The van der Waals surface area contributed by atoms with Crippen molar-refractivity contribution < 1.29 is 21.2 Å². The summed E-state index contributed by atoms with van der Waals surface area (Å²) in [6.07, 6.45) is 0.284. The Kier molecular flexibility index (Phi) is 2.99. The van der Waals surface area contributed by atoms with Gasteiger partial charge in [0.15, 0.2) is 5.78 Å². The number of benzene rings is 1. The molecule has 2 rings (SSSR count). The molecule has 1 saturated heterocycles. The van der Waals surface area contributed by atoms with Crippen LogP contribution in [0.4, 0.5) is 4.79 Å². The number of likely N-dealkylation sites (tertiary alicyclic amines) is 1. The lowest BCUT2D eigenvalue weighted by Crippen LogP contribution is -2.43. The van der Waals surface area contributed by atoms with Crippen LogP contribution in [0.1, 0.15) is 50.8 Å². The third-order valence-corrected chi connectivity index (χ3v) is 3.26. The van der Waals surface area contributed by atoms with Gasteiger partial charge in [-0.1, -0.05) is 30.2 Å². The first-order valence-electron chi connectivity index (χ1n) is 9.53. The molecule has 1 aromatic rings. The van der Waals surface area contributed by atoms with Gasteiger partial charge in [0.05, 0.1) is 6.85 Å². The van der Waals surface area contributed by atoms with Crippen LogP contribution in [0, 0.1) is 5.92 Å². The molecule has 0 N–H and O–H groups in total. The number of carbonyl (C=O) groups excluding carboxylic acids is 2. The number of rotatable bonds is 2. The molecule has 0 radical (unpaired) electrons. The fourth-order valence-corrected chi connectivity index (χ4v) is 2.23. The van der Waals surface area contributed by atoms with Crippen molar-refractivity contribution in [1.29, 1.82) is 0 Å². The van der Waals surface area contributed by atoms with Crippen LogP contribution in [-0.4, -0.2) is 35.5 Å². The Labute approximate surface area is 133 Å². The van der Waals surface area contributed by atoms with E-state index in [1.165, 1.54) is 4.90 Å². The molecule has 0 aliphatic carbocycles. The highest BCUT2D eigenvalue weighted by atomic mass is 16.6. The van der Waals surface area contributed by atoms with Gasteiger partial charge in [0.25, 0.3) is 0 Å². The minimum absolute atomic E-state index is 0.272. The number of nitrogens with zero attached hydrogens (tertiary/aromatic N) is 1. The minimum Gasteiger partial charge on any atom is -0.444 e. The molecule has 0 saturated carbocycles. The normalized spacial score (nSPS) is 20.0. The Balaban J connectivity index is 2.14. The van der Waals surface area contributed by atoms with Gasteiger partial charge in [-0.15, -0.1) is 0 Å². The second-order valence-corrected chi connectivity index (χ2v) is 6.11. The summed E-state index contributed by atoms with van der Waals surface area (Å²) < 4.78 is 44.1. The number of ketones is 1. The van der Waals surface area contributed by atoms with Gasteiger partial charge in [-0.3, -0.25) is 4.79 Å². The van der Waals surface area contributed by atoms with Crippen LogP contribution >= 0.6 is 0 Å². The molecule has 0 atom stereocenters. The molecule has 0 spiro atoms. The summed E-state index contributed by atoms with van der Waals surface area (Å²) in [6.45, 7) is 5.98. The maximum atomic E-state index is 12.8. The molecule has 4 heteroatoms. The van der Waals surface area contributed by atoms with E-state index in [0.29, 0.717) is 25.9 Å². The van der Waals surface area contributed by atoms with Gasteiger partial charge in [-0.25, -0.2) is 4.79 Å². The molecule has 1 fully saturated rings. The fraction of sp³-hybridized carbons (Fsp3) is 0.529. The second kappa shape index (κ2) is 6.29. The lowest BCUT2D eigenvalue weighted by Gasteiger charge is -2.32. The standard InChI is InChI=1S/C17H23NO3/c1-17(2,3)21-16(20)18-11-9-14(10-12-18)15(19)13-7-5-4-6-8-13/h4-8,14H,9-12H2,1-3H3/i4D,5D,6D,7D,8D. The first-order valence-corrected chi connectivity index (χ1v) is 7.03. The van der Waals surface area contributed by atoms with Gasteiger partial charge < -0.3 is 9.64 Å². The van der Waals surface area contributed by atoms with E-state index in [9.17, 15) is 9.59 Å². The molecular formula is C17H23NO3. The van der Waals surface area contributed by atoms with Crippen molar-refractivity contribution in [1.82, 2.24) is 4.90 Å². The van der Waals surface area contributed by atoms with E-state index >= 15 is 0 Å². The minimum atomic E-state index is -0.600. The summed E-state index contributed by atoms with van der Waals surface area (Å²) in [7, 11) is 0.